The average molecular weight is 548 g/mol. The van der Waals surface area contributed by atoms with Gasteiger partial charge >= 0.3 is 6.18 Å². The number of nitrogens with two attached hydrogens (primary N) is 1. The van der Waals surface area contributed by atoms with E-state index in [1.54, 1.807) is 7.05 Å². The van der Waals surface area contributed by atoms with E-state index in [1.165, 1.54) is 22.9 Å². The predicted octanol–water partition coefficient (Wildman–Crippen LogP) is 6.69. The quantitative estimate of drug-likeness (QED) is 0.214. The van der Waals surface area contributed by atoms with Crippen LogP contribution in [0.4, 0.5) is 33.5 Å². The molecule has 0 spiro atoms. The van der Waals surface area contributed by atoms with Crippen LogP contribution in [0.25, 0.3) is 17.0 Å². The van der Waals surface area contributed by atoms with E-state index >= 15 is 0 Å². The number of halogens is 6. The molecule has 1 aromatic heterocycles. The molecule has 0 aliphatic rings. The van der Waals surface area contributed by atoms with E-state index in [-0.39, 0.29) is 39.5 Å². The molecule has 0 bridgehead atoms. The molecule has 0 saturated heterocycles. The lowest BCUT2D eigenvalue weighted by Crippen LogP contribution is -2.15. The fraction of sp³-hybridized carbons (Fsp3) is 0.0800. The number of benzene rings is 3. The van der Waals surface area contributed by atoms with Crippen LogP contribution in [-0.4, -0.2) is 15.7 Å². The van der Waals surface area contributed by atoms with Crippen molar-refractivity contribution in [1.82, 2.24) is 9.78 Å². The van der Waals surface area contributed by atoms with Gasteiger partial charge in [-0.05, 0) is 42.5 Å². The topological polar surface area (TPSA) is 106 Å². The highest BCUT2D eigenvalue weighted by Crippen LogP contribution is 2.44. The molecule has 0 aliphatic heterocycles. The normalized spacial score (nSPS) is 11.6. The number of fused-ring (bicyclic) bond motifs is 1. The number of carbonyl (C=O) groups excluding carboxylic acids is 1. The number of aromatic nitrogens is 2. The fourth-order valence-electron chi connectivity index (χ4n) is 3.72. The van der Waals surface area contributed by atoms with Gasteiger partial charge in [0.25, 0.3) is 5.91 Å². The fourth-order valence-corrected chi connectivity index (χ4v) is 3.88. The first kappa shape index (κ1) is 26.4. The summed E-state index contributed by atoms with van der Waals surface area (Å²) in [5, 5.41) is 15.6. The summed E-state index contributed by atoms with van der Waals surface area (Å²) >= 11 is 6.15. The van der Waals surface area contributed by atoms with Gasteiger partial charge in [-0.2, -0.15) is 23.5 Å². The largest absolute Gasteiger partial charge is 0.453 e. The highest BCUT2D eigenvalue weighted by molar-refractivity contribution is 6.32. The van der Waals surface area contributed by atoms with Crippen LogP contribution < -0.4 is 15.8 Å². The van der Waals surface area contributed by atoms with Gasteiger partial charge in [0.15, 0.2) is 11.6 Å². The van der Waals surface area contributed by atoms with Crippen LogP contribution in [0.15, 0.2) is 48.5 Å². The van der Waals surface area contributed by atoms with Crippen LogP contribution >= 0.6 is 11.6 Å². The Morgan fingerprint density at radius 3 is 2.61 bits per heavy atom. The second-order valence-electron chi connectivity index (χ2n) is 7.89. The Morgan fingerprint density at radius 2 is 1.92 bits per heavy atom. The summed E-state index contributed by atoms with van der Waals surface area (Å²) in [6, 6.07) is 7.80. The van der Waals surface area contributed by atoms with Crippen molar-refractivity contribution in [3.05, 3.63) is 81.9 Å². The molecule has 4 aromatic rings. The standard InChI is InChI=1S/C25H15ClF5N5O2/c1-36-21-12(3-2-6-32)9-18(34-24(37)13-7-14(25(29,30)31)10-16(28)8-13)22(20(21)23(33)35-36)38-19-11-15(27)4-5-17(19)26/h2-5,7-11H,1H3,(H2,33,35)(H,34,37)/b3-2+. The average Bonchev–Trinajstić information content (AvgIpc) is 3.14. The number of amides is 1. The predicted molar refractivity (Wildman–Crippen MR) is 131 cm³/mol. The van der Waals surface area contributed by atoms with Crippen molar-refractivity contribution < 1.29 is 31.5 Å². The second kappa shape index (κ2) is 10.0. The molecular formula is C25H15ClF5N5O2. The Morgan fingerprint density at radius 1 is 1.18 bits per heavy atom. The van der Waals surface area contributed by atoms with Crippen molar-refractivity contribution in [3.8, 4) is 17.6 Å². The van der Waals surface area contributed by atoms with E-state index in [0.29, 0.717) is 23.2 Å². The third kappa shape index (κ3) is 5.23. The maximum Gasteiger partial charge on any atom is 0.416 e. The Kier molecular flexibility index (Phi) is 6.97. The van der Waals surface area contributed by atoms with Crippen molar-refractivity contribution >= 4 is 46.0 Å². The van der Waals surface area contributed by atoms with Crippen molar-refractivity contribution in [2.45, 2.75) is 6.18 Å². The van der Waals surface area contributed by atoms with Gasteiger partial charge in [0.1, 0.15) is 17.4 Å². The highest BCUT2D eigenvalue weighted by Gasteiger charge is 2.32. The Hall–Kier alpha value is -4.63. The number of carbonyl (C=O) groups is 1. The summed E-state index contributed by atoms with van der Waals surface area (Å²) in [6.45, 7) is 0. The SMILES string of the molecule is Cn1nc(N)c2c(Oc3cc(F)ccc3Cl)c(NC(=O)c3cc(F)cc(C(F)(F)F)c3)cc(/C=C/C#N)c21. The molecule has 3 aromatic carbocycles. The minimum absolute atomic E-state index is 0.00677. The number of hydrogen-bond acceptors (Lipinski definition) is 5. The lowest BCUT2D eigenvalue weighted by atomic mass is 10.1. The number of hydrogen-bond donors (Lipinski definition) is 2. The number of anilines is 2. The number of nitrogen functional groups attached to an aromatic ring is 1. The van der Waals surface area contributed by atoms with Crippen molar-refractivity contribution in [1.29, 1.82) is 5.26 Å². The molecule has 4 rings (SSSR count). The molecule has 7 nitrogen and oxygen atoms in total. The smallest absolute Gasteiger partial charge is 0.416 e. The summed E-state index contributed by atoms with van der Waals surface area (Å²) < 4.78 is 74.7. The molecule has 0 fully saturated rings. The van der Waals surface area contributed by atoms with Crippen LogP contribution in [0, 0.1) is 23.0 Å². The van der Waals surface area contributed by atoms with Crippen LogP contribution in [0.1, 0.15) is 21.5 Å². The number of rotatable bonds is 5. The van der Waals surface area contributed by atoms with E-state index in [0.717, 1.165) is 18.2 Å². The second-order valence-corrected chi connectivity index (χ2v) is 8.30. The minimum Gasteiger partial charge on any atom is -0.453 e. The molecule has 13 heteroatoms. The van der Waals surface area contributed by atoms with Crippen LogP contribution in [0.3, 0.4) is 0 Å². The van der Waals surface area contributed by atoms with Gasteiger partial charge in [0.05, 0.1) is 33.2 Å². The van der Waals surface area contributed by atoms with Gasteiger partial charge in [-0.1, -0.05) is 11.6 Å². The summed E-state index contributed by atoms with van der Waals surface area (Å²) in [7, 11) is 1.55. The number of ether oxygens (including phenoxy) is 1. The number of alkyl halides is 3. The summed E-state index contributed by atoms with van der Waals surface area (Å²) in [5.41, 5.74) is 4.60. The molecule has 0 aliphatic carbocycles. The number of nitriles is 1. The van der Waals surface area contributed by atoms with Crippen molar-refractivity contribution in [2.75, 3.05) is 11.1 Å². The molecule has 0 radical (unpaired) electrons. The van der Waals surface area contributed by atoms with Gasteiger partial charge in [-0.15, -0.1) is 0 Å². The molecule has 38 heavy (non-hydrogen) atoms. The lowest BCUT2D eigenvalue weighted by Gasteiger charge is -2.17. The van der Waals surface area contributed by atoms with Gasteiger partial charge < -0.3 is 15.8 Å². The van der Waals surface area contributed by atoms with E-state index in [2.05, 4.69) is 10.4 Å². The maximum atomic E-state index is 14.0. The molecule has 0 atom stereocenters. The highest BCUT2D eigenvalue weighted by atomic mass is 35.5. The number of nitrogens with one attached hydrogen (secondary N) is 1. The Bertz CT molecular complexity index is 1660. The van der Waals surface area contributed by atoms with Crippen molar-refractivity contribution in [2.24, 2.45) is 7.05 Å². The van der Waals surface area contributed by atoms with Gasteiger partial charge in [0.2, 0.25) is 0 Å². The Balaban J connectivity index is 1.93. The first-order valence-electron chi connectivity index (χ1n) is 10.6. The zero-order valence-corrected chi connectivity index (χ0v) is 20.0. The van der Waals surface area contributed by atoms with E-state index < -0.39 is 34.8 Å². The van der Waals surface area contributed by atoms with Gasteiger partial charge in [-0.3, -0.25) is 9.48 Å². The van der Waals surface area contributed by atoms with Gasteiger partial charge in [0, 0.05) is 30.3 Å². The minimum atomic E-state index is -4.90. The molecule has 194 valence electrons. The number of allylic oxidation sites excluding steroid dienone is 1. The monoisotopic (exact) mass is 547 g/mol. The molecule has 1 heterocycles. The Labute approximate surface area is 216 Å². The van der Waals surface area contributed by atoms with Crippen molar-refractivity contribution in [3.63, 3.8) is 0 Å². The third-order valence-corrected chi connectivity index (χ3v) is 5.61. The molecule has 3 N–H and O–H groups in total. The third-order valence-electron chi connectivity index (χ3n) is 5.30. The number of nitrogens with zero attached hydrogens (tertiary/aromatic N) is 3. The first-order chi connectivity index (χ1) is 17.9. The van der Waals surface area contributed by atoms with E-state index in [4.69, 9.17) is 27.3 Å². The summed E-state index contributed by atoms with van der Waals surface area (Å²) in [5.74, 6) is -3.53. The summed E-state index contributed by atoms with van der Waals surface area (Å²) in [4.78, 5) is 13.0. The summed E-state index contributed by atoms with van der Waals surface area (Å²) in [6.07, 6.45) is -2.39. The zero-order chi connectivity index (χ0) is 27.8. The lowest BCUT2D eigenvalue weighted by molar-refractivity contribution is -0.137. The molecule has 1 amide bonds. The molecule has 0 saturated carbocycles. The van der Waals surface area contributed by atoms with Gasteiger partial charge in [-0.25, -0.2) is 8.78 Å². The number of aryl methyl sites for hydroxylation is 1. The zero-order valence-electron chi connectivity index (χ0n) is 19.2. The molecule has 0 unspecified atom stereocenters. The first-order valence-corrected chi connectivity index (χ1v) is 10.9. The molecular weight excluding hydrogens is 533 g/mol. The van der Waals surface area contributed by atoms with E-state index in [9.17, 15) is 26.7 Å². The maximum absolute atomic E-state index is 14.0. The van der Waals surface area contributed by atoms with Crippen LogP contribution in [-0.2, 0) is 13.2 Å². The van der Waals surface area contributed by atoms with Crippen LogP contribution in [0.5, 0.6) is 11.5 Å². The van der Waals surface area contributed by atoms with Crippen LogP contribution in [0.2, 0.25) is 5.02 Å². The van der Waals surface area contributed by atoms with E-state index in [1.807, 2.05) is 6.07 Å².